The largest absolute Gasteiger partial charge is 0.369 e. The summed E-state index contributed by atoms with van der Waals surface area (Å²) in [5.41, 5.74) is 4.30. The molecule has 0 unspecified atom stereocenters. The lowest BCUT2D eigenvalue weighted by molar-refractivity contribution is -0.122. The van der Waals surface area contributed by atoms with Gasteiger partial charge in [-0.15, -0.1) is 0 Å². The minimum absolute atomic E-state index is 0.0935. The number of anilines is 1. The van der Waals surface area contributed by atoms with Gasteiger partial charge in [0.05, 0.1) is 16.3 Å². The zero-order valence-corrected chi connectivity index (χ0v) is 20.6. The number of amides is 1. The highest BCUT2D eigenvalue weighted by atomic mass is 32.2. The number of thioether (sulfide) groups is 1. The average Bonchev–Trinajstić information content (AvgIpc) is 3.50. The number of halogens is 1. The summed E-state index contributed by atoms with van der Waals surface area (Å²) in [7, 11) is 0. The Morgan fingerprint density at radius 2 is 1.69 bits per heavy atom. The predicted octanol–water partition coefficient (Wildman–Crippen LogP) is 6.58. The van der Waals surface area contributed by atoms with Crippen molar-refractivity contribution in [3.8, 4) is 0 Å². The van der Waals surface area contributed by atoms with E-state index in [0.717, 1.165) is 54.7 Å². The summed E-state index contributed by atoms with van der Waals surface area (Å²) < 4.78 is 15.0. The van der Waals surface area contributed by atoms with Crippen molar-refractivity contribution in [1.82, 2.24) is 4.90 Å². The quantitative estimate of drug-likeness (QED) is 0.370. The van der Waals surface area contributed by atoms with Gasteiger partial charge in [0.2, 0.25) is 0 Å². The summed E-state index contributed by atoms with van der Waals surface area (Å²) in [5, 5.41) is 0.648. The van der Waals surface area contributed by atoms with E-state index in [1.54, 1.807) is 11.0 Å². The van der Waals surface area contributed by atoms with Crippen molar-refractivity contribution in [2.75, 3.05) is 24.5 Å². The summed E-state index contributed by atoms with van der Waals surface area (Å²) in [6.07, 6.45) is 4.73. The first-order valence-electron chi connectivity index (χ1n) is 12.0. The molecule has 2 saturated heterocycles. The van der Waals surface area contributed by atoms with Crippen LogP contribution < -0.4 is 4.90 Å². The molecule has 0 spiro atoms. The van der Waals surface area contributed by atoms with Crippen molar-refractivity contribution < 1.29 is 9.18 Å². The van der Waals surface area contributed by atoms with Crippen LogP contribution in [0, 0.1) is 12.7 Å². The SMILES string of the molecule is Cc1cc(N2CCCC2)c(F)cc1C=C1SC(=Nc2ccccc2)N(CCc2ccccc2)C1=O. The maximum atomic E-state index is 15.0. The van der Waals surface area contributed by atoms with Crippen LogP contribution in [0.3, 0.4) is 0 Å². The lowest BCUT2D eigenvalue weighted by atomic mass is 10.1. The topological polar surface area (TPSA) is 35.9 Å². The molecular formula is C29H28FN3OS. The molecule has 3 aromatic rings. The van der Waals surface area contributed by atoms with Gasteiger partial charge in [0.15, 0.2) is 5.17 Å². The lowest BCUT2D eigenvalue weighted by Crippen LogP contribution is -2.31. The van der Waals surface area contributed by atoms with E-state index in [1.165, 1.54) is 11.8 Å². The third-order valence-electron chi connectivity index (χ3n) is 6.40. The van der Waals surface area contributed by atoms with Crippen LogP contribution in [0.15, 0.2) is 82.7 Å². The summed E-state index contributed by atoms with van der Waals surface area (Å²) in [6.45, 7) is 4.28. The standard InChI is InChI=1S/C29H28FN3OS/c1-21-18-26(32-15-8-9-16-32)25(30)19-23(21)20-27-28(34)33(17-14-22-10-4-2-5-11-22)29(35-27)31-24-12-6-3-7-13-24/h2-7,10-13,18-20H,8-9,14-17H2,1H3. The number of hydrogen-bond acceptors (Lipinski definition) is 4. The molecule has 0 atom stereocenters. The van der Waals surface area contributed by atoms with Gasteiger partial charge in [-0.05, 0) is 85.0 Å². The average molecular weight is 486 g/mol. The van der Waals surface area contributed by atoms with E-state index < -0.39 is 0 Å². The number of rotatable bonds is 6. The molecule has 5 rings (SSSR count). The molecule has 6 heteroatoms. The Balaban J connectivity index is 1.44. The first-order valence-corrected chi connectivity index (χ1v) is 12.8. The number of aryl methyl sites for hydroxylation is 1. The number of carbonyl (C=O) groups excluding carboxylic acids is 1. The van der Waals surface area contributed by atoms with Gasteiger partial charge in [-0.25, -0.2) is 9.38 Å². The molecule has 178 valence electrons. The van der Waals surface area contributed by atoms with Gasteiger partial charge in [0, 0.05) is 19.6 Å². The first kappa shape index (κ1) is 23.4. The van der Waals surface area contributed by atoms with Crippen molar-refractivity contribution in [3.05, 3.63) is 100 Å². The van der Waals surface area contributed by atoms with E-state index in [2.05, 4.69) is 17.0 Å². The van der Waals surface area contributed by atoms with Crippen molar-refractivity contribution in [1.29, 1.82) is 0 Å². The van der Waals surface area contributed by atoms with E-state index in [4.69, 9.17) is 4.99 Å². The van der Waals surface area contributed by atoms with E-state index in [9.17, 15) is 4.79 Å². The molecule has 0 aromatic heterocycles. The fourth-order valence-electron chi connectivity index (χ4n) is 4.47. The third kappa shape index (κ3) is 5.33. The Morgan fingerprint density at radius 3 is 2.40 bits per heavy atom. The molecule has 0 bridgehead atoms. The highest BCUT2D eigenvalue weighted by Crippen LogP contribution is 2.36. The van der Waals surface area contributed by atoms with E-state index in [1.807, 2.05) is 67.6 Å². The molecule has 2 aliphatic heterocycles. The number of carbonyl (C=O) groups is 1. The van der Waals surface area contributed by atoms with Crippen LogP contribution >= 0.6 is 11.8 Å². The molecule has 2 fully saturated rings. The molecule has 3 aromatic carbocycles. The normalized spacial score (nSPS) is 18.3. The second-order valence-electron chi connectivity index (χ2n) is 8.89. The first-order chi connectivity index (χ1) is 17.1. The van der Waals surface area contributed by atoms with Crippen LogP contribution in [-0.2, 0) is 11.2 Å². The van der Waals surface area contributed by atoms with Gasteiger partial charge in [0.25, 0.3) is 5.91 Å². The third-order valence-corrected chi connectivity index (χ3v) is 7.41. The molecule has 0 N–H and O–H groups in total. The zero-order chi connectivity index (χ0) is 24.2. The molecule has 2 aliphatic rings. The highest BCUT2D eigenvalue weighted by molar-refractivity contribution is 8.18. The maximum Gasteiger partial charge on any atom is 0.266 e. The number of benzene rings is 3. The maximum absolute atomic E-state index is 15.0. The van der Waals surface area contributed by atoms with Gasteiger partial charge in [-0.1, -0.05) is 48.5 Å². The van der Waals surface area contributed by atoms with Gasteiger partial charge < -0.3 is 4.90 Å². The second-order valence-corrected chi connectivity index (χ2v) is 9.90. The van der Waals surface area contributed by atoms with Crippen molar-refractivity contribution in [3.63, 3.8) is 0 Å². The van der Waals surface area contributed by atoms with Crippen LogP contribution in [0.4, 0.5) is 15.8 Å². The Morgan fingerprint density at radius 1 is 1.00 bits per heavy atom. The van der Waals surface area contributed by atoms with Crippen LogP contribution in [0.2, 0.25) is 0 Å². The molecule has 0 radical (unpaired) electrons. The predicted molar refractivity (Wildman–Crippen MR) is 144 cm³/mol. The molecule has 1 amide bonds. The molecule has 0 aliphatic carbocycles. The summed E-state index contributed by atoms with van der Waals surface area (Å²) in [5.74, 6) is -0.331. The van der Waals surface area contributed by atoms with Gasteiger partial charge in [0.1, 0.15) is 5.82 Å². The van der Waals surface area contributed by atoms with Crippen LogP contribution in [-0.4, -0.2) is 35.6 Å². The second kappa shape index (κ2) is 10.5. The Labute approximate surface area is 210 Å². The Kier molecular flexibility index (Phi) is 7.00. The van der Waals surface area contributed by atoms with Crippen molar-refractivity contribution >= 4 is 40.3 Å². The number of aliphatic imine (C=N–C) groups is 1. The fraction of sp³-hybridized carbons (Fsp3) is 0.241. The number of nitrogens with zero attached hydrogens (tertiary/aromatic N) is 3. The zero-order valence-electron chi connectivity index (χ0n) is 19.8. The minimum Gasteiger partial charge on any atom is -0.369 e. The number of hydrogen-bond donors (Lipinski definition) is 0. The molecular weight excluding hydrogens is 457 g/mol. The van der Waals surface area contributed by atoms with Gasteiger partial charge >= 0.3 is 0 Å². The number of amidine groups is 1. The van der Waals surface area contributed by atoms with Crippen molar-refractivity contribution in [2.24, 2.45) is 4.99 Å². The summed E-state index contributed by atoms with van der Waals surface area (Å²) in [4.78, 5) is 22.6. The van der Waals surface area contributed by atoms with E-state index >= 15 is 4.39 Å². The number of para-hydroxylation sites is 1. The van der Waals surface area contributed by atoms with Gasteiger partial charge in [-0.3, -0.25) is 9.69 Å². The lowest BCUT2D eigenvalue weighted by Gasteiger charge is -2.19. The van der Waals surface area contributed by atoms with Crippen LogP contribution in [0.25, 0.3) is 6.08 Å². The van der Waals surface area contributed by atoms with Gasteiger partial charge in [-0.2, -0.15) is 0 Å². The fourth-order valence-corrected chi connectivity index (χ4v) is 5.48. The minimum atomic E-state index is -0.237. The van der Waals surface area contributed by atoms with Crippen molar-refractivity contribution in [2.45, 2.75) is 26.2 Å². The van der Waals surface area contributed by atoms with Crippen LogP contribution in [0.5, 0.6) is 0 Å². The summed E-state index contributed by atoms with van der Waals surface area (Å²) in [6, 6.07) is 23.2. The van der Waals surface area contributed by atoms with Crippen LogP contribution in [0.1, 0.15) is 29.5 Å². The summed E-state index contributed by atoms with van der Waals surface area (Å²) >= 11 is 1.35. The Bertz CT molecular complexity index is 1270. The smallest absolute Gasteiger partial charge is 0.266 e. The monoisotopic (exact) mass is 485 g/mol. The molecule has 2 heterocycles. The van der Waals surface area contributed by atoms with E-state index in [0.29, 0.717) is 22.3 Å². The Hall–Kier alpha value is -3.38. The van der Waals surface area contributed by atoms with E-state index in [-0.39, 0.29) is 11.7 Å². The molecule has 0 saturated carbocycles. The highest BCUT2D eigenvalue weighted by Gasteiger charge is 2.33. The molecule has 4 nitrogen and oxygen atoms in total. The molecule has 35 heavy (non-hydrogen) atoms.